The molecule has 2 atom stereocenters. The van der Waals surface area contributed by atoms with Crippen molar-refractivity contribution in [1.29, 1.82) is 5.26 Å². The molecule has 1 fully saturated rings. The molecule has 2 nitrogen and oxygen atoms in total. The molecule has 84 valence electrons. The summed E-state index contributed by atoms with van der Waals surface area (Å²) in [6.45, 7) is 5.25. The summed E-state index contributed by atoms with van der Waals surface area (Å²) in [7, 11) is 0. The van der Waals surface area contributed by atoms with E-state index in [2.05, 4.69) is 24.8 Å². The molecule has 0 aromatic carbocycles. The normalized spacial score (nSPS) is 23.7. The molecular formula is C12H20N2S. The monoisotopic (exact) mass is 224 g/mol. The fourth-order valence-electron chi connectivity index (χ4n) is 2.28. The standard InChI is InChI=1S/C12H20N2S/c1-3-5-10-6-7-14(12(15)8-10)11(4-2)9-13/h10-11H,3-8H2,1-2H3. The van der Waals surface area contributed by atoms with E-state index in [1.54, 1.807) is 0 Å². The minimum atomic E-state index is 0.0000709. The van der Waals surface area contributed by atoms with Gasteiger partial charge in [0.25, 0.3) is 0 Å². The van der Waals surface area contributed by atoms with Crippen LogP contribution in [0.1, 0.15) is 46.0 Å². The van der Waals surface area contributed by atoms with E-state index in [-0.39, 0.29) is 6.04 Å². The number of hydrogen-bond acceptors (Lipinski definition) is 2. The molecule has 1 saturated heterocycles. The minimum absolute atomic E-state index is 0.0000709. The maximum absolute atomic E-state index is 9.01. The van der Waals surface area contributed by atoms with Crippen molar-refractivity contribution in [2.24, 2.45) is 5.92 Å². The van der Waals surface area contributed by atoms with Crippen molar-refractivity contribution in [1.82, 2.24) is 4.90 Å². The van der Waals surface area contributed by atoms with Crippen molar-refractivity contribution in [2.45, 2.75) is 52.0 Å². The van der Waals surface area contributed by atoms with Gasteiger partial charge in [0.2, 0.25) is 0 Å². The Hall–Kier alpha value is -0.620. The van der Waals surface area contributed by atoms with Gasteiger partial charge < -0.3 is 4.90 Å². The molecule has 2 unspecified atom stereocenters. The van der Waals surface area contributed by atoms with E-state index >= 15 is 0 Å². The molecule has 0 spiro atoms. The highest BCUT2D eigenvalue weighted by molar-refractivity contribution is 7.80. The van der Waals surface area contributed by atoms with Crippen molar-refractivity contribution < 1.29 is 0 Å². The lowest BCUT2D eigenvalue weighted by molar-refractivity contribution is 0.276. The quantitative estimate of drug-likeness (QED) is 0.686. The first-order valence-electron chi connectivity index (χ1n) is 5.92. The third-order valence-corrected chi connectivity index (χ3v) is 3.57. The van der Waals surface area contributed by atoms with Crippen LogP contribution >= 0.6 is 12.2 Å². The Morgan fingerprint density at radius 2 is 2.33 bits per heavy atom. The Kier molecular flexibility index (Phi) is 5.04. The molecule has 0 bridgehead atoms. The van der Waals surface area contributed by atoms with Crippen LogP contribution in [-0.4, -0.2) is 22.5 Å². The zero-order valence-electron chi connectivity index (χ0n) is 9.70. The van der Waals surface area contributed by atoms with E-state index in [1.165, 1.54) is 19.3 Å². The first-order valence-corrected chi connectivity index (χ1v) is 6.32. The van der Waals surface area contributed by atoms with Crippen molar-refractivity contribution in [3.8, 4) is 6.07 Å². The van der Waals surface area contributed by atoms with E-state index in [4.69, 9.17) is 17.5 Å². The van der Waals surface area contributed by atoms with Crippen LogP contribution < -0.4 is 0 Å². The van der Waals surface area contributed by atoms with Crippen molar-refractivity contribution in [2.75, 3.05) is 6.54 Å². The van der Waals surface area contributed by atoms with Gasteiger partial charge in [-0.15, -0.1) is 0 Å². The van der Waals surface area contributed by atoms with Gasteiger partial charge in [-0.2, -0.15) is 5.26 Å². The third-order valence-electron chi connectivity index (χ3n) is 3.17. The molecule has 0 amide bonds. The largest absolute Gasteiger partial charge is 0.350 e. The summed E-state index contributed by atoms with van der Waals surface area (Å²) >= 11 is 5.40. The molecule has 0 aliphatic carbocycles. The molecule has 1 rings (SSSR count). The molecule has 0 aromatic rings. The highest BCUT2D eigenvalue weighted by atomic mass is 32.1. The first kappa shape index (κ1) is 12.4. The van der Waals surface area contributed by atoms with Crippen LogP contribution in [-0.2, 0) is 0 Å². The number of hydrogen-bond donors (Lipinski definition) is 0. The molecule has 0 N–H and O–H groups in total. The van der Waals surface area contributed by atoms with Crippen molar-refractivity contribution in [3.63, 3.8) is 0 Å². The Bertz CT molecular complexity index is 257. The lowest BCUT2D eigenvalue weighted by Gasteiger charge is -2.36. The first-order chi connectivity index (χ1) is 7.22. The van der Waals surface area contributed by atoms with E-state index in [0.29, 0.717) is 0 Å². The summed E-state index contributed by atoms with van der Waals surface area (Å²) in [6, 6.07) is 2.34. The number of likely N-dealkylation sites (tertiary alicyclic amines) is 1. The lowest BCUT2D eigenvalue weighted by Crippen LogP contribution is -2.43. The van der Waals surface area contributed by atoms with Crippen molar-refractivity contribution in [3.05, 3.63) is 0 Å². The van der Waals surface area contributed by atoms with Gasteiger partial charge in [0.05, 0.1) is 11.1 Å². The molecule has 15 heavy (non-hydrogen) atoms. The summed E-state index contributed by atoms with van der Waals surface area (Å²) < 4.78 is 0. The second-order valence-corrected chi connectivity index (χ2v) is 4.76. The molecule has 3 heteroatoms. The SMILES string of the molecule is CCCC1CCN(C(C#N)CC)C(=S)C1. The smallest absolute Gasteiger partial charge is 0.117 e. The third kappa shape index (κ3) is 3.17. The van der Waals surface area contributed by atoms with Crippen LogP contribution in [0.4, 0.5) is 0 Å². The molecule has 0 radical (unpaired) electrons. The maximum atomic E-state index is 9.01. The average molecular weight is 224 g/mol. The average Bonchev–Trinajstić information content (AvgIpc) is 2.23. The molecule has 0 aromatic heterocycles. The topological polar surface area (TPSA) is 27.0 Å². The minimum Gasteiger partial charge on any atom is -0.350 e. The van der Waals surface area contributed by atoms with Crippen LogP contribution in [0.15, 0.2) is 0 Å². The van der Waals surface area contributed by atoms with Gasteiger partial charge >= 0.3 is 0 Å². The molecule has 0 saturated carbocycles. The van der Waals surface area contributed by atoms with E-state index in [1.807, 2.05) is 0 Å². The van der Waals surface area contributed by atoms with Gasteiger partial charge in [0.15, 0.2) is 0 Å². The number of rotatable bonds is 4. The van der Waals surface area contributed by atoms with Crippen molar-refractivity contribution >= 4 is 17.2 Å². The highest BCUT2D eigenvalue weighted by Gasteiger charge is 2.26. The Labute approximate surface area is 98.3 Å². The molecule has 1 aliphatic heterocycles. The second-order valence-electron chi connectivity index (χ2n) is 4.29. The van der Waals surface area contributed by atoms with Gasteiger partial charge in [-0.3, -0.25) is 0 Å². The predicted molar refractivity (Wildman–Crippen MR) is 66.6 cm³/mol. The highest BCUT2D eigenvalue weighted by Crippen LogP contribution is 2.25. The van der Waals surface area contributed by atoms with Gasteiger partial charge in [-0.05, 0) is 18.8 Å². The van der Waals surface area contributed by atoms with Crippen LogP contribution in [0, 0.1) is 17.2 Å². The summed E-state index contributed by atoms with van der Waals surface area (Å²) in [6.07, 6.45) is 5.60. The van der Waals surface area contributed by atoms with Crippen LogP contribution in [0.25, 0.3) is 0 Å². The summed E-state index contributed by atoms with van der Waals surface area (Å²) in [5.41, 5.74) is 0. The van der Waals surface area contributed by atoms with Crippen LogP contribution in [0.5, 0.6) is 0 Å². The predicted octanol–water partition coefficient (Wildman–Crippen LogP) is 3.13. The lowest BCUT2D eigenvalue weighted by atomic mass is 9.91. The Morgan fingerprint density at radius 3 is 2.80 bits per heavy atom. The maximum Gasteiger partial charge on any atom is 0.117 e. The molecule has 1 aliphatic rings. The molecular weight excluding hydrogens is 204 g/mol. The van der Waals surface area contributed by atoms with Gasteiger partial charge in [0.1, 0.15) is 6.04 Å². The van der Waals surface area contributed by atoms with E-state index < -0.39 is 0 Å². The summed E-state index contributed by atoms with van der Waals surface area (Å²) in [4.78, 5) is 3.13. The zero-order chi connectivity index (χ0) is 11.3. The fourth-order valence-corrected chi connectivity index (χ4v) is 2.73. The number of nitrogens with zero attached hydrogens (tertiary/aromatic N) is 2. The molecule has 1 heterocycles. The zero-order valence-corrected chi connectivity index (χ0v) is 10.5. The van der Waals surface area contributed by atoms with Gasteiger partial charge in [-0.25, -0.2) is 0 Å². The Balaban J connectivity index is 2.53. The number of piperidine rings is 1. The Morgan fingerprint density at radius 1 is 1.60 bits per heavy atom. The van der Waals surface area contributed by atoms with Gasteiger partial charge in [-0.1, -0.05) is 38.9 Å². The summed E-state index contributed by atoms with van der Waals surface area (Å²) in [5.74, 6) is 0.759. The number of nitriles is 1. The summed E-state index contributed by atoms with van der Waals surface area (Å²) in [5, 5.41) is 9.01. The van der Waals surface area contributed by atoms with E-state index in [0.717, 1.165) is 30.3 Å². The fraction of sp³-hybridized carbons (Fsp3) is 0.833. The van der Waals surface area contributed by atoms with Crippen LogP contribution in [0.2, 0.25) is 0 Å². The van der Waals surface area contributed by atoms with Gasteiger partial charge in [0, 0.05) is 13.0 Å². The number of thiocarbonyl (C=S) groups is 1. The second kappa shape index (κ2) is 6.07. The van der Waals surface area contributed by atoms with Crippen LogP contribution in [0.3, 0.4) is 0 Å². The van der Waals surface area contributed by atoms with E-state index in [9.17, 15) is 0 Å².